The largest absolute Gasteiger partial charge is 0.497 e. The average Bonchev–Trinajstić information content (AvgIpc) is 3.48. The molecule has 0 radical (unpaired) electrons. The van der Waals surface area contributed by atoms with E-state index in [2.05, 4.69) is 5.32 Å². The zero-order valence-electron chi connectivity index (χ0n) is 15.3. The highest BCUT2D eigenvalue weighted by molar-refractivity contribution is 5.92. The molecule has 0 bridgehead atoms. The number of methoxy groups -OCH3 is 2. The van der Waals surface area contributed by atoms with E-state index in [1.807, 2.05) is 4.90 Å². The number of halogens is 2. The Kier molecular flexibility index (Phi) is 5.91. The van der Waals surface area contributed by atoms with E-state index >= 15 is 0 Å². The van der Waals surface area contributed by atoms with E-state index in [0.717, 1.165) is 18.9 Å². The number of hydrogen-bond donors (Lipinski definition) is 1. The van der Waals surface area contributed by atoms with Crippen LogP contribution in [0.2, 0.25) is 0 Å². The lowest BCUT2D eigenvalue weighted by molar-refractivity contribution is -0.117. The standard InChI is InChI=1S/C20H22F2N2O3/c1-26-17-8-15(9-18(10-17)27-2)23-20(25)12-24(16-5-6-16)11-13-3-4-14(21)7-19(13)22/h3-4,7-10,16H,5-6,11-12H2,1-2H3,(H,23,25). The first-order chi connectivity index (χ1) is 13.0. The van der Waals surface area contributed by atoms with Crippen LogP contribution >= 0.6 is 0 Å². The fourth-order valence-corrected chi connectivity index (χ4v) is 2.89. The average molecular weight is 376 g/mol. The molecule has 27 heavy (non-hydrogen) atoms. The summed E-state index contributed by atoms with van der Waals surface area (Å²) < 4.78 is 37.4. The van der Waals surface area contributed by atoms with Crippen LogP contribution in [0.1, 0.15) is 18.4 Å². The zero-order chi connectivity index (χ0) is 19.4. The summed E-state index contributed by atoms with van der Waals surface area (Å²) in [5, 5.41) is 2.82. The zero-order valence-corrected chi connectivity index (χ0v) is 15.3. The van der Waals surface area contributed by atoms with Gasteiger partial charge in [0.1, 0.15) is 23.1 Å². The number of carbonyl (C=O) groups excluding carboxylic acids is 1. The molecule has 2 aromatic carbocycles. The van der Waals surface area contributed by atoms with Crippen molar-refractivity contribution >= 4 is 11.6 Å². The van der Waals surface area contributed by atoms with E-state index in [0.29, 0.717) is 22.7 Å². The highest BCUT2D eigenvalue weighted by Crippen LogP contribution is 2.29. The second kappa shape index (κ2) is 8.35. The van der Waals surface area contributed by atoms with Crippen molar-refractivity contribution in [3.05, 3.63) is 53.6 Å². The highest BCUT2D eigenvalue weighted by Gasteiger charge is 2.31. The van der Waals surface area contributed by atoms with Crippen LogP contribution in [0.3, 0.4) is 0 Å². The molecule has 1 fully saturated rings. The summed E-state index contributed by atoms with van der Waals surface area (Å²) >= 11 is 0. The molecule has 1 N–H and O–H groups in total. The topological polar surface area (TPSA) is 50.8 Å². The molecule has 0 aliphatic heterocycles. The van der Waals surface area contributed by atoms with Gasteiger partial charge in [0, 0.05) is 48.1 Å². The van der Waals surface area contributed by atoms with Gasteiger partial charge in [0.15, 0.2) is 0 Å². The molecule has 1 aliphatic rings. The monoisotopic (exact) mass is 376 g/mol. The predicted octanol–water partition coefficient (Wildman–Crippen LogP) is 3.59. The fourth-order valence-electron chi connectivity index (χ4n) is 2.89. The Morgan fingerprint density at radius 1 is 1.11 bits per heavy atom. The summed E-state index contributed by atoms with van der Waals surface area (Å²) in [7, 11) is 3.07. The Labute approximate surface area is 156 Å². The Morgan fingerprint density at radius 2 is 1.78 bits per heavy atom. The first-order valence-electron chi connectivity index (χ1n) is 8.69. The van der Waals surface area contributed by atoms with E-state index in [1.54, 1.807) is 18.2 Å². The van der Waals surface area contributed by atoms with E-state index in [-0.39, 0.29) is 25.0 Å². The molecule has 0 heterocycles. The first kappa shape index (κ1) is 19.1. The minimum absolute atomic E-state index is 0.112. The molecule has 7 heteroatoms. The van der Waals surface area contributed by atoms with Crippen LogP contribution in [-0.4, -0.2) is 37.6 Å². The van der Waals surface area contributed by atoms with Gasteiger partial charge in [0.2, 0.25) is 5.91 Å². The summed E-state index contributed by atoms with van der Waals surface area (Å²) in [5.74, 6) is -0.300. The Morgan fingerprint density at radius 3 is 2.33 bits per heavy atom. The number of anilines is 1. The van der Waals surface area contributed by atoms with E-state index < -0.39 is 11.6 Å². The molecule has 0 saturated heterocycles. The van der Waals surface area contributed by atoms with E-state index in [9.17, 15) is 13.6 Å². The molecule has 5 nitrogen and oxygen atoms in total. The van der Waals surface area contributed by atoms with Gasteiger partial charge in [-0.05, 0) is 18.9 Å². The third-order valence-corrected chi connectivity index (χ3v) is 4.43. The molecular formula is C20H22F2N2O3. The SMILES string of the molecule is COc1cc(NC(=O)CN(Cc2ccc(F)cc2F)C2CC2)cc(OC)c1. The van der Waals surface area contributed by atoms with Gasteiger partial charge < -0.3 is 14.8 Å². The predicted molar refractivity (Wildman–Crippen MR) is 98.0 cm³/mol. The van der Waals surface area contributed by atoms with Gasteiger partial charge in [0.05, 0.1) is 20.8 Å². The minimum atomic E-state index is -0.612. The Hall–Kier alpha value is -2.67. The molecular weight excluding hydrogens is 354 g/mol. The molecule has 1 aliphatic carbocycles. The summed E-state index contributed by atoms with van der Waals surface area (Å²) in [4.78, 5) is 14.4. The molecule has 1 amide bonds. The number of rotatable bonds is 8. The number of nitrogens with zero attached hydrogens (tertiary/aromatic N) is 1. The van der Waals surface area contributed by atoms with Crippen molar-refractivity contribution in [2.75, 3.05) is 26.1 Å². The van der Waals surface area contributed by atoms with Gasteiger partial charge in [-0.3, -0.25) is 9.69 Å². The van der Waals surface area contributed by atoms with Crippen LogP contribution in [0.15, 0.2) is 36.4 Å². The maximum Gasteiger partial charge on any atom is 0.238 e. The number of benzene rings is 2. The molecule has 144 valence electrons. The molecule has 0 atom stereocenters. The third kappa shape index (κ3) is 5.17. The number of ether oxygens (including phenoxy) is 2. The Bertz CT molecular complexity index is 803. The van der Waals surface area contributed by atoms with Crippen molar-refractivity contribution in [2.45, 2.75) is 25.4 Å². The van der Waals surface area contributed by atoms with Crippen LogP contribution < -0.4 is 14.8 Å². The molecule has 0 spiro atoms. The van der Waals surface area contributed by atoms with Crippen molar-refractivity contribution in [1.82, 2.24) is 4.90 Å². The second-order valence-electron chi connectivity index (χ2n) is 6.52. The number of nitrogens with one attached hydrogen (secondary N) is 1. The smallest absolute Gasteiger partial charge is 0.238 e. The molecule has 2 aromatic rings. The summed E-state index contributed by atoms with van der Waals surface area (Å²) in [6.45, 7) is 0.368. The van der Waals surface area contributed by atoms with Crippen molar-refractivity contribution in [3.63, 3.8) is 0 Å². The maximum atomic E-state index is 14.0. The lowest BCUT2D eigenvalue weighted by Crippen LogP contribution is -2.34. The van der Waals surface area contributed by atoms with Gasteiger partial charge in [-0.25, -0.2) is 8.78 Å². The van der Waals surface area contributed by atoms with E-state index in [1.165, 1.54) is 26.4 Å². The summed E-state index contributed by atoms with van der Waals surface area (Å²) in [6.07, 6.45) is 1.92. The van der Waals surface area contributed by atoms with E-state index in [4.69, 9.17) is 9.47 Å². The van der Waals surface area contributed by atoms with Crippen molar-refractivity contribution < 1.29 is 23.0 Å². The quantitative estimate of drug-likeness (QED) is 0.765. The summed E-state index contributed by atoms with van der Waals surface area (Å²) in [5.41, 5.74) is 0.930. The molecule has 0 unspecified atom stereocenters. The lowest BCUT2D eigenvalue weighted by Gasteiger charge is -2.22. The van der Waals surface area contributed by atoms with Crippen molar-refractivity contribution in [2.24, 2.45) is 0 Å². The van der Waals surface area contributed by atoms with Gasteiger partial charge in [-0.2, -0.15) is 0 Å². The molecule has 1 saturated carbocycles. The van der Waals surface area contributed by atoms with Gasteiger partial charge >= 0.3 is 0 Å². The van der Waals surface area contributed by atoms with Gasteiger partial charge in [-0.15, -0.1) is 0 Å². The fraction of sp³-hybridized carbons (Fsp3) is 0.350. The van der Waals surface area contributed by atoms with Crippen molar-refractivity contribution in [3.8, 4) is 11.5 Å². The first-order valence-corrected chi connectivity index (χ1v) is 8.69. The number of hydrogen-bond acceptors (Lipinski definition) is 4. The molecule has 3 rings (SSSR count). The van der Waals surface area contributed by atoms with Crippen LogP contribution in [-0.2, 0) is 11.3 Å². The molecule has 0 aromatic heterocycles. The minimum Gasteiger partial charge on any atom is -0.497 e. The normalized spacial score (nSPS) is 13.5. The van der Waals surface area contributed by atoms with Crippen LogP contribution in [0.5, 0.6) is 11.5 Å². The van der Waals surface area contributed by atoms with Crippen LogP contribution in [0, 0.1) is 11.6 Å². The van der Waals surface area contributed by atoms with Gasteiger partial charge in [-0.1, -0.05) is 6.07 Å². The lowest BCUT2D eigenvalue weighted by atomic mass is 10.2. The van der Waals surface area contributed by atoms with Crippen LogP contribution in [0.4, 0.5) is 14.5 Å². The van der Waals surface area contributed by atoms with Crippen molar-refractivity contribution in [1.29, 1.82) is 0 Å². The maximum absolute atomic E-state index is 14.0. The van der Waals surface area contributed by atoms with Crippen LogP contribution in [0.25, 0.3) is 0 Å². The third-order valence-electron chi connectivity index (χ3n) is 4.43. The number of carbonyl (C=O) groups is 1. The summed E-state index contributed by atoms with van der Waals surface area (Å²) in [6, 6.07) is 8.85. The second-order valence-corrected chi connectivity index (χ2v) is 6.52. The number of amides is 1. The Balaban J connectivity index is 1.67. The highest BCUT2D eigenvalue weighted by atomic mass is 19.1. The van der Waals surface area contributed by atoms with Gasteiger partial charge in [0.25, 0.3) is 0 Å².